The number of nitrogens with one attached hydrogen (secondary N) is 1. The summed E-state index contributed by atoms with van der Waals surface area (Å²) in [6.45, 7) is 5.32. The van der Waals surface area contributed by atoms with Gasteiger partial charge < -0.3 is 10.5 Å². The first-order chi connectivity index (χ1) is 9.81. The Labute approximate surface area is 123 Å². The molecule has 0 aromatic heterocycles. The zero-order valence-electron chi connectivity index (χ0n) is 12.4. The fraction of sp³-hybridized carbons (Fsp3) is 0.400. The van der Waals surface area contributed by atoms with Crippen molar-refractivity contribution < 1.29 is 19.1 Å². The van der Waals surface area contributed by atoms with Gasteiger partial charge in [-0.05, 0) is 24.0 Å². The van der Waals surface area contributed by atoms with Gasteiger partial charge in [0.25, 0.3) is 5.91 Å². The van der Waals surface area contributed by atoms with Crippen LogP contribution in [-0.2, 0) is 20.7 Å². The highest BCUT2D eigenvalue weighted by Crippen LogP contribution is 2.12. The number of benzene rings is 1. The fourth-order valence-corrected chi connectivity index (χ4v) is 1.83. The van der Waals surface area contributed by atoms with E-state index in [2.05, 4.69) is 0 Å². The Morgan fingerprint density at radius 1 is 1.24 bits per heavy atom. The lowest BCUT2D eigenvalue weighted by Crippen LogP contribution is -2.45. The topological polar surface area (TPSA) is 98.5 Å². The summed E-state index contributed by atoms with van der Waals surface area (Å²) in [4.78, 5) is 34.4. The number of imide groups is 1. The highest BCUT2D eigenvalue weighted by molar-refractivity contribution is 5.96. The lowest BCUT2D eigenvalue weighted by molar-refractivity contribution is -0.157. The quantitative estimate of drug-likeness (QED) is 0.799. The monoisotopic (exact) mass is 292 g/mol. The van der Waals surface area contributed by atoms with Crippen LogP contribution in [0.2, 0.25) is 0 Å². The first-order valence-electron chi connectivity index (χ1n) is 6.65. The molecular formula is C15H20N2O4. The van der Waals surface area contributed by atoms with Crippen LogP contribution in [0.25, 0.3) is 0 Å². The van der Waals surface area contributed by atoms with Crippen LogP contribution in [0.15, 0.2) is 24.3 Å². The van der Waals surface area contributed by atoms with Crippen molar-refractivity contribution in [3.05, 3.63) is 35.4 Å². The van der Waals surface area contributed by atoms with Crippen molar-refractivity contribution in [3.8, 4) is 0 Å². The number of urea groups is 1. The van der Waals surface area contributed by atoms with Crippen molar-refractivity contribution in [2.45, 2.75) is 33.3 Å². The van der Waals surface area contributed by atoms with E-state index in [4.69, 9.17) is 10.5 Å². The van der Waals surface area contributed by atoms with Crippen LogP contribution in [-0.4, -0.2) is 24.0 Å². The molecule has 1 aromatic carbocycles. The summed E-state index contributed by atoms with van der Waals surface area (Å²) in [5, 5.41) is 1.93. The van der Waals surface area contributed by atoms with Gasteiger partial charge in [0.15, 0.2) is 6.10 Å². The number of primary amides is 1. The summed E-state index contributed by atoms with van der Waals surface area (Å²) in [6, 6.07) is 6.45. The molecule has 1 aromatic rings. The highest BCUT2D eigenvalue weighted by atomic mass is 16.5. The molecule has 0 spiro atoms. The molecule has 21 heavy (non-hydrogen) atoms. The molecule has 3 amide bonds. The molecule has 114 valence electrons. The number of aryl methyl sites for hydroxylation is 1. The lowest BCUT2D eigenvalue weighted by Gasteiger charge is -2.20. The molecule has 1 unspecified atom stereocenters. The average Bonchev–Trinajstić information content (AvgIpc) is 2.37. The van der Waals surface area contributed by atoms with Crippen molar-refractivity contribution in [1.29, 1.82) is 0 Å². The second-order valence-corrected chi connectivity index (χ2v) is 5.11. The smallest absolute Gasteiger partial charge is 0.318 e. The number of esters is 1. The highest BCUT2D eigenvalue weighted by Gasteiger charge is 2.27. The van der Waals surface area contributed by atoms with E-state index in [9.17, 15) is 14.4 Å². The van der Waals surface area contributed by atoms with Crippen molar-refractivity contribution in [3.63, 3.8) is 0 Å². The molecule has 0 aliphatic carbocycles. The van der Waals surface area contributed by atoms with Crippen LogP contribution >= 0.6 is 0 Å². The molecule has 0 aliphatic heterocycles. The number of hydrogen-bond acceptors (Lipinski definition) is 4. The van der Waals surface area contributed by atoms with Crippen LogP contribution in [0.4, 0.5) is 4.79 Å². The molecule has 0 aliphatic rings. The van der Waals surface area contributed by atoms with Crippen LogP contribution in [0.5, 0.6) is 0 Å². The molecule has 0 radical (unpaired) electrons. The van der Waals surface area contributed by atoms with Gasteiger partial charge in [0, 0.05) is 0 Å². The Morgan fingerprint density at radius 3 is 2.38 bits per heavy atom. The van der Waals surface area contributed by atoms with Gasteiger partial charge in [-0.1, -0.05) is 38.1 Å². The number of ether oxygens (including phenoxy) is 1. The summed E-state index contributed by atoms with van der Waals surface area (Å²) in [5.74, 6) is -1.51. The minimum Gasteiger partial charge on any atom is -0.452 e. The average molecular weight is 292 g/mol. The minimum atomic E-state index is -1.05. The van der Waals surface area contributed by atoms with Gasteiger partial charge in [-0.15, -0.1) is 0 Å². The summed E-state index contributed by atoms with van der Waals surface area (Å²) in [6.07, 6.45) is -0.978. The lowest BCUT2D eigenvalue weighted by atomic mass is 10.1. The first-order valence-corrected chi connectivity index (χ1v) is 6.65. The van der Waals surface area contributed by atoms with Gasteiger partial charge in [0.05, 0.1) is 6.42 Å². The van der Waals surface area contributed by atoms with E-state index in [1.54, 1.807) is 13.8 Å². The summed E-state index contributed by atoms with van der Waals surface area (Å²) < 4.78 is 5.17. The van der Waals surface area contributed by atoms with Gasteiger partial charge in [0.1, 0.15) is 0 Å². The van der Waals surface area contributed by atoms with Gasteiger partial charge in [-0.25, -0.2) is 4.79 Å². The zero-order valence-corrected chi connectivity index (χ0v) is 12.4. The molecule has 0 bridgehead atoms. The summed E-state index contributed by atoms with van der Waals surface area (Å²) in [7, 11) is 0. The number of carbonyl (C=O) groups excluding carboxylic acids is 3. The summed E-state index contributed by atoms with van der Waals surface area (Å²) >= 11 is 0. The maximum absolute atomic E-state index is 12.0. The minimum absolute atomic E-state index is 0.0692. The molecule has 0 saturated heterocycles. The Kier molecular flexibility index (Phi) is 5.90. The molecule has 0 fully saturated rings. The first kappa shape index (κ1) is 16.7. The molecule has 0 heterocycles. The number of amides is 3. The molecule has 6 nitrogen and oxygen atoms in total. The van der Waals surface area contributed by atoms with E-state index >= 15 is 0 Å². The van der Waals surface area contributed by atoms with Crippen molar-refractivity contribution >= 4 is 17.9 Å². The van der Waals surface area contributed by atoms with E-state index in [0.29, 0.717) is 0 Å². The second-order valence-electron chi connectivity index (χ2n) is 5.11. The van der Waals surface area contributed by atoms with Gasteiger partial charge >= 0.3 is 12.0 Å². The number of carbonyl (C=O) groups is 3. The van der Waals surface area contributed by atoms with Crippen LogP contribution in [0.1, 0.15) is 25.0 Å². The third-order valence-corrected chi connectivity index (χ3v) is 2.96. The van der Waals surface area contributed by atoms with E-state index in [1.807, 2.05) is 36.5 Å². The summed E-state index contributed by atoms with van der Waals surface area (Å²) in [5.41, 5.74) is 6.70. The zero-order chi connectivity index (χ0) is 16.0. The third kappa shape index (κ3) is 5.25. The van der Waals surface area contributed by atoms with Crippen molar-refractivity contribution in [1.82, 2.24) is 5.32 Å². The molecule has 3 N–H and O–H groups in total. The molecule has 1 atom stereocenters. The number of hydrogen-bond donors (Lipinski definition) is 2. The van der Waals surface area contributed by atoms with Gasteiger partial charge in [0.2, 0.25) is 0 Å². The Bertz CT molecular complexity index is 540. The van der Waals surface area contributed by atoms with E-state index in [0.717, 1.165) is 11.1 Å². The van der Waals surface area contributed by atoms with E-state index in [-0.39, 0.29) is 12.3 Å². The van der Waals surface area contributed by atoms with Crippen LogP contribution < -0.4 is 11.1 Å². The van der Waals surface area contributed by atoms with Crippen molar-refractivity contribution in [2.24, 2.45) is 11.7 Å². The predicted octanol–water partition coefficient (Wildman–Crippen LogP) is 1.30. The van der Waals surface area contributed by atoms with Gasteiger partial charge in [-0.3, -0.25) is 14.9 Å². The van der Waals surface area contributed by atoms with Gasteiger partial charge in [-0.2, -0.15) is 0 Å². The normalized spacial score (nSPS) is 11.8. The number of nitrogens with two attached hydrogens (primary N) is 1. The standard InChI is InChI=1S/C15H20N2O4/c1-9(2)13(14(19)17-15(16)20)21-12(18)8-11-7-5-4-6-10(11)3/h4-7,9,13H,8H2,1-3H3,(H3,16,17,19,20). The molecule has 0 saturated carbocycles. The SMILES string of the molecule is Cc1ccccc1CC(=O)OC(C(=O)NC(N)=O)C(C)C. The Hall–Kier alpha value is -2.37. The number of rotatable bonds is 5. The largest absolute Gasteiger partial charge is 0.452 e. The predicted molar refractivity (Wildman–Crippen MR) is 77.3 cm³/mol. The Morgan fingerprint density at radius 2 is 1.86 bits per heavy atom. The molecule has 1 rings (SSSR count). The van der Waals surface area contributed by atoms with Crippen LogP contribution in [0.3, 0.4) is 0 Å². The second kappa shape index (κ2) is 7.42. The fourth-order valence-electron chi connectivity index (χ4n) is 1.83. The maximum atomic E-state index is 12.0. The van der Waals surface area contributed by atoms with E-state index < -0.39 is 24.0 Å². The van der Waals surface area contributed by atoms with Crippen LogP contribution in [0, 0.1) is 12.8 Å². The maximum Gasteiger partial charge on any atom is 0.318 e. The third-order valence-electron chi connectivity index (χ3n) is 2.96. The Balaban J connectivity index is 2.71. The molecule has 6 heteroatoms. The van der Waals surface area contributed by atoms with Crippen molar-refractivity contribution in [2.75, 3.05) is 0 Å². The van der Waals surface area contributed by atoms with E-state index in [1.165, 1.54) is 0 Å². The molecular weight excluding hydrogens is 272 g/mol.